The molecule has 3 saturated carbocycles. The number of hydrogen-bond acceptors (Lipinski definition) is 3. The minimum atomic E-state index is -0.133. The van der Waals surface area contributed by atoms with E-state index in [9.17, 15) is 4.79 Å². The number of fused-ring (bicyclic) bond motifs is 3. The fourth-order valence-corrected chi connectivity index (χ4v) is 8.18. The van der Waals surface area contributed by atoms with Crippen molar-refractivity contribution in [2.75, 3.05) is 6.61 Å². The van der Waals surface area contributed by atoms with E-state index in [0.29, 0.717) is 23.2 Å². The highest BCUT2D eigenvalue weighted by atomic mass is 16.5. The molecule has 0 aromatic rings. The summed E-state index contributed by atoms with van der Waals surface area (Å²) in [4.78, 5) is 12.1. The average Bonchev–Trinajstić information content (AvgIpc) is 2.76. The maximum absolute atomic E-state index is 12.1. The molecule has 7 atom stereocenters. The Balaban J connectivity index is 1.81. The summed E-state index contributed by atoms with van der Waals surface area (Å²) in [6.07, 6.45) is 12.0. The minimum Gasteiger partial charge on any atom is -0.462 e. The van der Waals surface area contributed by atoms with E-state index in [2.05, 4.69) is 46.8 Å². The highest BCUT2D eigenvalue weighted by molar-refractivity contribution is 5.66. The van der Waals surface area contributed by atoms with Gasteiger partial charge in [-0.25, -0.2) is 0 Å². The van der Waals surface area contributed by atoms with Gasteiger partial charge in [0.15, 0.2) is 0 Å². The molecule has 0 saturated heterocycles. The Morgan fingerprint density at radius 3 is 2.56 bits per heavy atom. The van der Waals surface area contributed by atoms with Gasteiger partial charge in [-0.1, -0.05) is 39.3 Å². The van der Waals surface area contributed by atoms with Gasteiger partial charge in [-0.15, -0.1) is 0 Å². The largest absolute Gasteiger partial charge is 0.462 e. The lowest BCUT2D eigenvalue weighted by Crippen LogP contribution is -2.61. The number of hydrogen-bond donors (Lipinski definition) is 0. The zero-order valence-electron chi connectivity index (χ0n) is 18.1. The van der Waals surface area contributed by atoms with E-state index < -0.39 is 0 Å². The quantitative estimate of drug-likeness (QED) is 0.481. The lowest BCUT2D eigenvalue weighted by atomic mass is 9.41. The maximum Gasteiger partial charge on any atom is 0.302 e. The third kappa shape index (κ3) is 2.67. The fraction of sp³-hybridized carbons (Fsp3) is 0.875. The lowest BCUT2D eigenvalue weighted by molar-refractivity contribution is -0.199. The van der Waals surface area contributed by atoms with E-state index in [1.165, 1.54) is 19.3 Å². The molecule has 3 nitrogen and oxygen atoms in total. The Morgan fingerprint density at radius 1 is 1.15 bits per heavy atom. The molecule has 4 aliphatic rings. The summed E-state index contributed by atoms with van der Waals surface area (Å²) in [6.45, 7) is 14.1. The molecule has 0 aromatic carbocycles. The molecular weight excluding hydrogens is 336 g/mol. The Labute approximate surface area is 165 Å². The topological polar surface area (TPSA) is 35.5 Å². The van der Waals surface area contributed by atoms with Gasteiger partial charge in [0.1, 0.15) is 6.10 Å². The zero-order chi connectivity index (χ0) is 19.7. The van der Waals surface area contributed by atoms with Crippen molar-refractivity contribution in [3.05, 3.63) is 12.2 Å². The summed E-state index contributed by atoms with van der Waals surface area (Å²) < 4.78 is 12.4. The molecule has 0 radical (unpaired) electrons. The summed E-state index contributed by atoms with van der Waals surface area (Å²) in [5, 5.41) is 0. The molecule has 0 heterocycles. The van der Waals surface area contributed by atoms with Crippen LogP contribution in [0.3, 0.4) is 0 Å². The lowest BCUT2D eigenvalue weighted by Gasteiger charge is -2.64. The van der Waals surface area contributed by atoms with Crippen molar-refractivity contribution >= 4 is 5.97 Å². The van der Waals surface area contributed by atoms with Gasteiger partial charge < -0.3 is 9.47 Å². The molecule has 1 spiro atoms. The van der Waals surface area contributed by atoms with Gasteiger partial charge in [-0.05, 0) is 68.6 Å². The van der Waals surface area contributed by atoms with Gasteiger partial charge in [0.25, 0.3) is 0 Å². The second-order valence-corrected chi connectivity index (χ2v) is 11.1. The van der Waals surface area contributed by atoms with Crippen LogP contribution >= 0.6 is 0 Å². The van der Waals surface area contributed by atoms with E-state index in [-0.39, 0.29) is 28.5 Å². The smallest absolute Gasteiger partial charge is 0.302 e. The van der Waals surface area contributed by atoms with Gasteiger partial charge in [0.2, 0.25) is 0 Å². The van der Waals surface area contributed by atoms with Gasteiger partial charge in [0.05, 0.1) is 5.60 Å². The highest BCUT2D eigenvalue weighted by Crippen LogP contribution is 2.72. The van der Waals surface area contributed by atoms with Crippen LogP contribution in [-0.4, -0.2) is 24.3 Å². The molecule has 0 aliphatic heterocycles. The van der Waals surface area contributed by atoms with Crippen molar-refractivity contribution in [1.29, 1.82) is 0 Å². The molecule has 0 N–H and O–H groups in total. The van der Waals surface area contributed by atoms with Crippen LogP contribution in [0.4, 0.5) is 0 Å². The van der Waals surface area contributed by atoms with Crippen LogP contribution in [0.2, 0.25) is 0 Å². The zero-order valence-corrected chi connectivity index (χ0v) is 18.1. The Bertz CT molecular complexity index is 652. The van der Waals surface area contributed by atoms with Crippen LogP contribution in [0.25, 0.3) is 0 Å². The van der Waals surface area contributed by atoms with E-state index in [1.807, 2.05) is 0 Å². The fourth-order valence-electron chi connectivity index (χ4n) is 8.18. The number of rotatable bonds is 3. The third-order valence-electron chi connectivity index (χ3n) is 9.08. The van der Waals surface area contributed by atoms with Crippen molar-refractivity contribution in [3.63, 3.8) is 0 Å². The molecule has 3 heteroatoms. The van der Waals surface area contributed by atoms with Gasteiger partial charge in [-0.3, -0.25) is 4.79 Å². The second-order valence-electron chi connectivity index (χ2n) is 11.1. The summed E-state index contributed by atoms with van der Waals surface area (Å²) in [5.74, 6) is 1.38. The van der Waals surface area contributed by atoms with Crippen molar-refractivity contribution < 1.29 is 14.3 Å². The normalized spacial score (nSPS) is 50.0. The first kappa shape index (κ1) is 19.5. The number of carbonyl (C=O) groups excluding carboxylic acids is 1. The van der Waals surface area contributed by atoms with Crippen molar-refractivity contribution in [2.24, 2.45) is 34.0 Å². The van der Waals surface area contributed by atoms with Crippen molar-refractivity contribution in [1.82, 2.24) is 0 Å². The Morgan fingerprint density at radius 2 is 1.89 bits per heavy atom. The third-order valence-corrected chi connectivity index (χ3v) is 9.08. The summed E-state index contributed by atoms with van der Waals surface area (Å²) in [5.41, 5.74) is 0.496. The van der Waals surface area contributed by atoms with Gasteiger partial charge >= 0.3 is 5.97 Å². The monoisotopic (exact) mass is 374 g/mol. The molecule has 2 bridgehead atoms. The molecule has 0 aromatic heterocycles. The summed E-state index contributed by atoms with van der Waals surface area (Å²) in [6, 6.07) is 0. The van der Waals surface area contributed by atoms with E-state index >= 15 is 0 Å². The number of ether oxygens (including phenoxy) is 2. The molecule has 3 fully saturated rings. The molecule has 4 rings (SSSR count). The first-order chi connectivity index (χ1) is 12.6. The summed E-state index contributed by atoms with van der Waals surface area (Å²) in [7, 11) is 0. The first-order valence-corrected chi connectivity index (χ1v) is 11.1. The highest BCUT2D eigenvalue weighted by Gasteiger charge is 2.69. The predicted molar refractivity (Wildman–Crippen MR) is 107 cm³/mol. The van der Waals surface area contributed by atoms with Gasteiger partial charge in [0, 0.05) is 24.9 Å². The first-order valence-electron chi connectivity index (χ1n) is 11.1. The predicted octanol–water partition coefficient (Wildman–Crippen LogP) is 5.53. The molecule has 27 heavy (non-hydrogen) atoms. The van der Waals surface area contributed by atoms with Crippen LogP contribution < -0.4 is 0 Å². The molecule has 152 valence electrons. The number of carbonyl (C=O) groups is 1. The van der Waals surface area contributed by atoms with Crippen LogP contribution in [-0.2, 0) is 14.3 Å². The minimum absolute atomic E-state index is 0.0187. The summed E-state index contributed by atoms with van der Waals surface area (Å²) >= 11 is 0. The molecule has 0 unspecified atom stereocenters. The van der Waals surface area contributed by atoms with E-state index in [1.54, 1.807) is 6.92 Å². The van der Waals surface area contributed by atoms with Crippen LogP contribution in [0, 0.1) is 34.0 Å². The standard InChI is InChI=1S/C24H38O3/c1-7-26-23(6)15-24-14-17(23)9-10-18(24)22(5)12-8-11-21(3,4)19(22)13-20(24)27-16(2)25/h9-10,17-20H,7-8,11-15H2,1-6H3/t17-,18+,19-,20+,22+,23-,24-/m1/s1. The SMILES string of the molecule is CCO[C@]1(C)C[C@]23C[C@H]1C=C[C@H]2[C@]1(C)CCCC(C)(C)[C@H]1C[C@@H]3OC(C)=O. The maximum atomic E-state index is 12.1. The van der Waals surface area contributed by atoms with Crippen LogP contribution in [0.15, 0.2) is 12.2 Å². The molecule has 0 amide bonds. The Kier molecular flexibility index (Phi) is 4.39. The number of allylic oxidation sites excluding steroid dienone is 1. The molecular formula is C24H38O3. The van der Waals surface area contributed by atoms with E-state index in [4.69, 9.17) is 9.47 Å². The Hall–Kier alpha value is -0.830. The van der Waals surface area contributed by atoms with Gasteiger partial charge in [-0.2, -0.15) is 0 Å². The molecule has 4 aliphatic carbocycles. The van der Waals surface area contributed by atoms with E-state index in [0.717, 1.165) is 25.9 Å². The number of esters is 1. The van der Waals surface area contributed by atoms with Crippen LogP contribution in [0.5, 0.6) is 0 Å². The average molecular weight is 375 g/mol. The van der Waals surface area contributed by atoms with Crippen LogP contribution in [0.1, 0.15) is 80.1 Å². The van der Waals surface area contributed by atoms with Crippen molar-refractivity contribution in [2.45, 2.75) is 91.8 Å². The second kappa shape index (κ2) is 6.08. The van der Waals surface area contributed by atoms with Crippen molar-refractivity contribution in [3.8, 4) is 0 Å².